The number of carbonyl (C=O) groups is 1. The average Bonchev–Trinajstić information content (AvgIpc) is 2.66. The predicted octanol–water partition coefficient (Wildman–Crippen LogP) is 0.645. The second-order valence-corrected chi connectivity index (χ2v) is 2.74. The van der Waals surface area contributed by atoms with Crippen LogP contribution in [0, 0.1) is 0 Å². The standard InChI is InChI=1S/C9H13NO5/c1-13-4-5-15-10-6-7-2-3-14-8(7)9(11)12/h2-3,10H,4-6H2,1H3,(H,11,12). The third-order valence-corrected chi connectivity index (χ3v) is 1.70. The van der Waals surface area contributed by atoms with Crippen LogP contribution >= 0.6 is 0 Å². The lowest BCUT2D eigenvalue weighted by Crippen LogP contribution is -2.18. The van der Waals surface area contributed by atoms with E-state index in [0.29, 0.717) is 18.8 Å². The highest BCUT2D eigenvalue weighted by molar-refractivity contribution is 5.86. The van der Waals surface area contributed by atoms with Gasteiger partial charge >= 0.3 is 5.97 Å². The predicted molar refractivity (Wildman–Crippen MR) is 50.3 cm³/mol. The molecular weight excluding hydrogens is 202 g/mol. The zero-order valence-corrected chi connectivity index (χ0v) is 8.36. The van der Waals surface area contributed by atoms with Crippen LogP contribution in [0.25, 0.3) is 0 Å². The Morgan fingerprint density at radius 1 is 1.60 bits per heavy atom. The lowest BCUT2D eigenvalue weighted by atomic mass is 10.2. The second-order valence-electron chi connectivity index (χ2n) is 2.74. The molecule has 1 rings (SSSR count). The van der Waals surface area contributed by atoms with Crippen molar-refractivity contribution >= 4 is 5.97 Å². The molecule has 0 unspecified atom stereocenters. The summed E-state index contributed by atoms with van der Waals surface area (Å²) >= 11 is 0. The van der Waals surface area contributed by atoms with Gasteiger partial charge in [-0.15, -0.1) is 0 Å². The number of hydrogen-bond acceptors (Lipinski definition) is 5. The van der Waals surface area contributed by atoms with Crippen molar-refractivity contribution in [2.75, 3.05) is 20.3 Å². The highest BCUT2D eigenvalue weighted by Crippen LogP contribution is 2.09. The van der Waals surface area contributed by atoms with Gasteiger partial charge in [-0.05, 0) is 6.07 Å². The van der Waals surface area contributed by atoms with E-state index in [1.807, 2.05) is 0 Å². The molecular formula is C9H13NO5. The molecule has 0 bridgehead atoms. The first-order chi connectivity index (χ1) is 7.25. The van der Waals surface area contributed by atoms with Crippen molar-refractivity contribution in [3.05, 3.63) is 23.7 Å². The quantitative estimate of drug-likeness (QED) is 0.513. The van der Waals surface area contributed by atoms with Gasteiger partial charge in [-0.25, -0.2) is 4.79 Å². The minimum atomic E-state index is -1.09. The summed E-state index contributed by atoms with van der Waals surface area (Å²) in [7, 11) is 1.57. The van der Waals surface area contributed by atoms with Gasteiger partial charge in [0.1, 0.15) is 0 Å². The molecule has 1 aromatic rings. The van der Waals surface area contributed by atoms with Gasteiger partial charge in [0.25, 0.3) is 0 Å². The van der Waals surface area contributed by atoms with Crippen molar-refractivity contribution in [1.82, 2.24) is 5.48 Å². The van der Waals surface area contributed by atoms with E-state index in [1.54, 1.807) is 13.2 Å². The minimum absolute atomic E-state index is 0.0714. The summed E-state index contributed by atoms with van der Waals surface area (Å²) < 4.78 is 9.55. The summed E-state index contributed by atoms with van der Waals surface area (Å²) in [6.45, 7) is 1.16. The summed E-state index contributed by atoms with van der Waals surface area (Å²) in [4.78, 5) is 15.6. The van der Waals surface area contributed by atoms with Crippen molar-refractivity contribution in [3.8, 4) is 0 Å². The van der Waals surface area contributed by atoms with Gasteiger partial charge in [0, 0.05) is 12.7 Å². The minimum Gasteiger partial charge on any atom is -0.475 e. The Morgan fingerprint density at radius 2 is 2.40 bits per heavy atom. The number of carboxylic acids is 1. The van der Waals surface area contributed by atoms with Crippen molar-refractivity contribution in [1.29, 1.82) is 0 Å². The van der Waals surface area contributed by atoms with Gasteiger partial charge in [0.15, 0.2) is 0 Å². The Labute approximate surface area is 86.7 Å². The van der Waals surface area contributed by atoms with Crippen LogP contribution < -0.4 is 5.48 Å². The highest BCUT2D eigenvalue weighted by atomic mass is 16.7. The van der Waals surface area contributed by atoms with Gasteiger partial charge in [-0.2, -0.15) is 5.48 Å². The number of hydroxylamine groups is 1. The largest absolute Gasteiger partial charge is 0.475 e. The summed E-state index contributed by atoms with van der Waals surface area (Å²) in [5, 5.41) is 8.71. The average molecular weight is 215 g/mol. The Balaban J connectivity index is 2.31. The first-order valence-corrected chi connectivity index (χ1v) is 4.39. The molecule has 6 nitrogen and oxygen atoms in total. The molecule has 0 aliphatic heterocycles. The Hall–Kier alpha value is -1.37. The van der Waals surface area contributed by atoms with Gasteiger partial charge in [0.2, 0.25) is 5.76 Å². The van der Waals surface area contributed by atoms with Crippen LogP contribution in [-0.4, -0.2) is 31.4 Å². The molecule has 0 amide bonds. The van der Waals surface area contributed by atoms with Crippen molar-refractivity contribution in [2.24, 2.45) is 0 Å². The van der Waals surface area contributed by atoms with Crippen molar-refractivity contribution in [2.45, 2.75) is 6.54 Å². The van der Waals surface area contributed by atoms with Gasteiger partial charge in [-0.3, -0.25) is 4.84 Å². The van der Waals surface area contributed by atoms with Crippen LogP contribution in [0.15, 0.2) is 16.7 Å². The van der Waals surface area contributed by atoms with Crippen LogP contribution in [0.1, 0.15) is 16.1 Å². The second kappa shape index (κ2) is 6.18. The first kappa shape index (κ1) is 11.7. The number of ether oxygens (including phenoxy) is 1. The van der Waals surface area contributed by atoms with Crippen molar-refractivity contribution < 1.29 is 23.9 Å². The molecule has 15 heavy (non-hydrogen) atoms. The normalized spacial score (nSPS) is 10.5. The molecule has 6 heteroatoms. The van der Waals surface area contributed by atoms with Crippen molar-refractivity contribution in [3.63, 3.8) is 0 Å². The zero-order valence-electron chi connectivity index (χ0n) is 8.36. The van der Waals surface area contributed by atoms with Crippen LogP contribution in [0.5, 0.6) is 0 Å². The van der Waals surface area contributed by atoms with Gasteiger partial charge in [-0.1, -0.05) is 0 Å². The molecule has 0 radical (unpaired) electrons. The van der Waals surface area contributed by atoms with Gasteiger partial charge < -0.3 is 14.3 Å². The van der Waals surface area contributed by atoms with Crippen LogP contribution in [0.4, 0.5) is 0 Å². The number of aromatic carboxylic acids is 1. The fourth-order valence-electron chi connectivity index (χ4n) is 0.988. The summed E-state index contributed by atoms with van der Waals surface area (Å²) in [5.41, 5.74) is 3.16. The monoisotopic (exact) mass is 215 g/mol. The maximum Gasteiger partial charge on any atom is 0.372 e. The fraction of sp³-hybridized carbons (Fsp3) is 0.444. The topological polar surface area (TPSA) is 80.9 Å². The molecule has 0 aliphatic carbocycles. The molecule has 0 saturated carbocycles. The van der Waals surface area contributed by atoms with E-state index in [0.717, 1.165) is 0 Å². The maximum atomic E-state index is 10.6. The van der Waals surface area contributed by atoms with E-state index in [-0.39, 0.29) is 12.3 Å². The number of carboxylic acid groups (broad SMARTS) is 1. The van der Waals surface area contributed by atoms with E-state index >= 15 is 0 Å². The summed E-state index contributed by atoms with van der Waals surface area (Å²) in [6.07, 6.45) is 1.33. The molecule has 0 aliphatic rings. The molecule has 84 valence electrons. The lowest BCUT2D eigenvalue weighted by molar-refractivity contribution is 0.00320. The Morgan fingerprint density at radius 3 is 3.07 bits per heavy atom. The van der Waals surface area contributed by atoms with E-state index in [1.165, 1.54) is 6.26 Å². The SMILES string of the molecule is COCCONCc1ccoc1C(=O)O. The van der Waals surface area contributed by atoms with Crippen LogP contribution in [0.3, 0.4) is 0 Å². The zero-order chi connectivity index (χ0) is 11.1. The van der Waals surface area contributed by atoms with E-state index in [9.17, 15) is 4.79 Å². The molecule has 2 N–H and O–H groups in total. The third kappa shape index (κ3) is 3.70. The number of furan rings is 1. The highest BCUT2D eigenvalue weighted by Gasteiger charge is 2.12. The van der Waals surface area contributed by atoms with E-state index in [4.69, 9.17) is 19.1 Å². The smallest absolute Gasteiger partial charge is 0.372 e. The number of methoxy groups -OCH3 is 1. The first-order valence-electron chi connectivity index (χ1n) is 4.39. The number of nitrogens with one attached hydrogen (secondary N) is 1. The maximum absolute atomic E-state index is 10.6. The number of hydrogen-bond donors (Lipinski definition) is 2. The Kier molecular flexibility index (Phi) is 4.82. The molecule has 0 fully saturated rings. The third-order valence-electron chi connectivity index (χ3n) is 1.70. The van der Waals surface area contributed by atoms with Crippen LogP contribution in [-0.2, 0) is 16.1 Å². The molecule has 1 heterocycles. The summed E-state index contributed by atoms with van der Waals surface area (Å²) in [5.74, 6) is -1.16. The molecule has 0 aromatic carbocycles. The van der Waals surface area contributed by atoms with Gasteiger partial charge in [0.05, 0.1) is 26.0 Å². The van der Waals surface area contributed by atoms with E-state index in [2.05, 4.69) is 5.48 Å². The fourth-order valence-corrected chi connectivity index (χ4v) is 0.988. The molecule has 1 aromatic heterocycles. The van der Waals surface area contributed by atoms with Crippen LogP contribution in [0.2, 0.25) is 0 Å². The molecule has 0 atom stereocenters. The Bertz CT molecular complexity index is 309. The molecule has 0 spiro atoms. The lowest BCUT2D eigenvalue weighted by Gasteiger charge is -2.03. The summed E-state index contributed by atoms with van der Waals surface area (Å²) in [6, 6.07) is 1.58. The van der Waals surface area contributed by atoms with E-state index < -0.39 is 5.97 Å². The molecule has 0 saturated heterocycles. The number of rotatable bonds is 7.